The summed E-state index contributed by atoms with van der Waals surface area (Å²) in [5.41, 5.74) is 1.29. The topological polar surface area (TPSA) is 80.6 Å². The fraction of sp³-hybridized carbons (Fsp3) is 0.353. The molecular formula is C17H21N3O4S. The highest BCUT2D eigenvalue weighted by Crippen LogP contribution is 2.19. The molecule has 0 spiro atoms. The smallest absolute Gasteiger partial charge is 0.268 e. The maximum Gasteiger partial charge on any atom is 0.268 e. The van der Waals surface area contributed by atoms with Crippen molar-refractivity contribution in [2.24, 2.45) is 7.05 Å². The van der Waals surface area contributed by atoms with Crippen molar-refractivity contribution in [3.63, 3.8) is 0 Å². The minimum absolute atomic E-state index is 0.127. The van der Waals surface area contributed by atoms with Crippen LogP contribution < -0.4 is 5.32 Å². The van der Waals surface area contributed by atoms with Crippen molar-refractivity contribution in [1.29, 1.82) is 0 Å². The maximum absolute atomic E-state index is 12.7. The molecule has 3 rings (SSSR count). The Bertz CT molecular complexity index is 840. The largest absolute Gasteiger partial charge is 0.379 e. The standard InChI is InChI=1S/C17H21N3O4S/c1-19-13-15(25(22,23)20-7-9-24-10-8-20)11-16(19)17(21)18-12-14-5-3-2-4-6-14/h2-6,11,13H,7-10,12H2,1H3,(H,18,21). The zero-order chi connectivity index (χ0) is 17.9. The molecule has 7 nitrogen and oxygen atoms in total. The summed E-state index contributed by atoms with van der Waals surface area (Å²) in [7, 11) is -1.95. The van der Waals surface area contributed by atoms with E-state index in [0.29, 0.717) is 38.5 Å². The van der Waals surface area contributed by atoms with Gasteiger partial charge in [-0.15, -0.1) is 0 Å². The van der Waals surface area contributed by atoms with Crippen LogP contribution in [0.25, 0.3) is 0 Å². The molecule has 0 unspecified atom stereocenters. The lowest BCUT2D eigenvalue weighted by atomic mass is 10.2. The van der Waals surface area contributed by atoms with E-state index in [-0.39, 0.29) is 10.8 Å². The fourth-order valence-electron chi connectivity index (χ4n) is 2.71. The summed E-state index contributed by atoms with van der Waals surface area (Å²) in [6, 6.07) is 11.0. The van der Waals surface area contributed by atoms with Gasteiger partial charge in [-0.1, -0.05) is 30.3 Å². The molecule has 25 heavy (non-hydrogen) atoms. The van der Waals surface area contributed by atoms with Crippen LogP contribution in [0.4, 0.5) is 0 Å². The molecule has 1 saturated heterocycles. The Morgan fingerprint density at radius 3 is 2.56 bits per heavy atom. The van der Waals surface area contributed by atoms with E-state index in [4.69, 9.17) is 4.74 Å². The number of aryl methyl sites for hydroxylation is 1. The Morgan fingerprint density at radius 1 is 1.20 bits per heavy atom. The van der Waals surface area contributed by atoms with Gasteiger partial charge in [-0.2, -0.15) is 4.31 Å². The van der Waals surface area contributed by atoms with Crippen LogP contribution in [0.15, 0.2) is 47.5 Å². The number of amides is 1. The van der Waals surface area contributed by atoms with Crippen molar-refractivity contribution < 1.29 is 17.9 Å². The van der Waals surface area contributed by atoms with Gasteiger partial charge in [0.1, 0.15) is 10.6 Å². The van der Waals surface area contributed by atoms with Gasteiger partial charge in [0.2, 0.25) is 10.0 Å². The molecule has 0 radical (unpaired) electrons. The number of ether oxygens (including phenoxy) is 1. The van der Waals surface area contributed by atoms with Crippen LogP contribution in [-0.2, 0) is 28.4 Å². The molecule has 1 N–H and O–H groups in total. The van der Waals surface area contributed by atoms with Crippen molar-refractivity contribution in [3.05, 3.63) is 53.9 Å². The number of morpholine rings is 1. The van der Waals surface area contributed by atoms with Gasteiger partial charge in [-0.3, -0.25) is 4.79 Å². The molecule has 1 aliphatic rings. The van der Waals surface area contributed by atoms with E-state index in [9.17, 15) is 13.2 Å². The average Bonchev–Trinajstić information content (AvgIpc) is 3.04. The number of nitrogens with zero attached hydrogens (tertiary/aromatic N) is 2. The Kier molecular flexibility index (Phi) is 5.22. The summed E-state index contributed by atoms with van der Waals surface area (Å²) >= 11 is 0. The van der Waals surface area contributed by atoms with Gasteiger partial charge in [-0.25, -0.2) is 8.42 Å². The number of rotatable bonds is 5. The third-order valence-corrected chi connectivity index (χ3v) is 5.98. The van der Waals surface area contributed by atoms with Crippen LogP contribution in [0.3, 0.4) is 0 Å². The highest BCUT2D eigenvalue weighted by Gasteiger charge is 2.28. The summed E-state index contributed by atoms with van der Waals surface area (Å²) in [4.78, 5) is 12.5. The number of carbonyl (C=O) groups is 1. The summed E-state index contributed by atoms with van der Waals surface area (Å²) in [5.74, 6) is -0.310. The van der Waals surface area contributed by atoms with Crippen molar-refractivity contribution in [2.75, 3.05) is 26.3 Å². The van der Waals surface area contributed by atoms with Crippen molar-refractivity contribution in [2.45, 2.75) is 11.4 Å². The molecule has 0 aliphatic carbocycles. The SMILES string of the molecule is Cn1cc(S(=O)(=O)N2CCOCC2)cc1C(=O)NCc1ccccc1. The van der Waals surface area contributed by atoms with E-state index >= 15 is 0 Å². The second kappa shape index (κ2) is 7.38. The molecule has 1 aromatic heterocycles. The minimum atomic E-state index is -3.61. The summed E-state index contributed by atoms with van der Waals surface area (Å²) in [5, 5.41) is 2.81. The first-order valence-electron chi connectivity index (χ1n) is 8.05. The van der Waals surface area contributed by atoms with Crippen LogP contribution in [0.2, 0.25) is 0 Å². The van der Waals surface area contributed by atoms with E-state index in [2.05, 4.69) is 5.32 Å². The molecule has 2 heterocycles. The zero-order valence-corrected chi connectivity index (χ0v) is 14.8. The molecule has 1 aliphatic heterocycles. The van der Waals surface area contributed by atoms with Crippen molar-refractivity contribution in [1.82, 2.24) is 14.2 Å². The molecule has 2 aromatic rings. The lowest BCUT2D eigenvalue weighted by Gasteiger charge is -2.25. The number of aromatic nitrogens is 1. The molecule has 0 bridgehead atoms. The molecule has 1 fully saturated rings. The molecule has 1 amide bonds. The molecule has 8 heteroatoms. The first-order valence-corrected chi connectivity index (χ1v) is 9.49. The van der Waals surface area contributed by atoms with E-state index in [1.807, 2.05) is 30.3 Å². The van der Waals surface area contributed by atoms with E-state index in [0.717, 1.165) is 5.56 Å². The van der Waals surface area contributed by atoms with Gasteiger partial charge in [0.25, 0.3) is 5.91 Å². The summed E-state index contributed by atoms with van der Waals surface area (Å²) < 4.78 is 33.5. The quantitative estimate of drug-likeness (QED) is 0.859. The average molecular weight is 363 g/mol. The van der Waals surface area contributed by atoms with Crippen LogP contribution in [0, 0.1) is 0 Å². The van der Waals surface area contributed by atoms with Gasteiger partial charge in [-0.05, 0) is 11.6 Å². The van der Waals surface area contributed by atoms with E-state index in [1.54, 1.807) is 7.05 Å². The van der Waals surface area contributed by atoms with Crippen molar-refractivity contribution in [3.8, 4) is 0 Å². The minimum Gasteiger partial charge on any atom is -0.379 e. The number of sulfonamides is 1. The predicted molar refractivity (Wildman–Crippen MR) is 92.6 cm³/mol. The van der Waals surface area contributed by atoms with Crippen molar-refractivity contribution >= 4 is 15.9 Å². The van der Waals surface area contributed by atoms with E-state index < -0.39 is 10.0 Å². The number of hydrogen-bond donors (Lipinski definition) is 1. The third kappa shape index (κ3) is 3.92. The Morgan fingerprint density at radius 2 is 1.88 bits per heavy atom. The van der Waals surface area contributed by atoms with Crippen LogP contribution in [-0.4, -0.2) is 49.5 Å². The van der Waals surface area contributed by atoms with Gasteiger partial charge in [0.05, 0.1) is 13.2 Å². The fourth-order valence-corrected chi connectivity index (χ4v) is 4.19. The first kappa shape index (κ1) is 17.7. The number of carbonyl (C=O) groups excluding carboxylic acids is 1. The van der Waals surface area contributed by atoms with Crippen LogP contribution >= 0.6 is 0 Å². The number of benzene rings is 1. The molecule has 0 saturated carbocycles. The Labute approximate surface area is 147 Å². The second-order valence-corrected chi connectivity index (χ2v) is 7.79. The Hall–Kier alpha value is -2.16. The monoisotopic (exact) mass is 363 g/mol. The lowest BCUT2D eigenvalue weighted by molar-refractivity contribution is 0.0730. The zero-order valence-electron chi connectivity index (χ0n) is 14.0. The second-order valence-electron chi connectivity index (χ2n) is 5.86. The van der Waals surface area contributed by atoms with Gasteiger partial charge >= 0.3 is 0 Å². The highest BCUT2D eigenvalue weighted by atomic mass is 32.2. The Balaban J connectivity index is 1.74. The normalized spacial score (nSPS) is 15.9. The molecule has 1 aromatic carbocycles. The molecule has 0 atom stereocenters. The third-order valence-electron chi connectivity index (χ3n) is 4.12. The molecular weight excluding hydrogens is 342 g/mol. The highest BCUT2D eigenvalue weighted by molar-refractivity contribution is 7.89. The van der Waals surface area contributed by atoms with E-state index in [1.165, 1.54) is 21.1 Å². The van der Waals surface area contributed by atoms with Gasteiger partial charge in [0, 0.05) is 32.9 Å². The number of hydrogen-bond acceptors (Lipinski definition) is 4. The maximum atomic E-state index is 12.7. The van der Waals surface area contributed by atoms with Gasteiger partial charge < -0.3 is 14.6 Å². The van der Waals surface area contributed by atoms with Crippen LogP contribution in [0.1, 0.15) is 16.1 Å². The molecule has 134 valence electrons. The summed E-state index contributed by atoms with van der Waals surface area (Å²) in [6.45, 7) is 1.81. The summed E-state index contributed by atoms with van der Waals surface area (Å²) in [6.07, 6.45) is 1.47. The van der Waals surface area contributed by atoms with Gasteiger partial charge in [0.15, 0.2) is 0 Å². The number of nitrogens with one attached hydrogen (secondary N) is 1. The predicted octanol–water partition coefficient (Wildman–Crippen LogP) is 0.976. The first-order chi connectivity index (χ1) is 12.0. The lowest BCUT2D eigenvalue weighted by Crippen LogP contribution is -2.40. The van der Waals surface area contributed by atoms with Crippen LogP contribution in [0.5, 0.6) is 0 Å².